The van der Waals surface area contributed by atoms with Gasteiger partial charge in [0.25, 0.3) is 9.84 Å². The van der Waals surface area contributed by atoms with Gasteiger partial charge in [0.05, 0.1) is 10.5 Å². The molecule has 1 atom stereocenters. The van der Waals surface area contributed by atoms with Crippen LogP contribution in [0.5, 0.6) is 0 Å². The molecule has 5 heteroatoms. The molecule has 1 unspecified atom stereocenters. The quantitative estimate of drug-likeness (QED) is 0.812. The van der Waals surface area contributed by atoms with Crippen molar-refractivity contribution in [2.45, 2.75) is 17.2 Å². The van der Waals surface area contributed by atoms with Gasteiger partial charge in [-0.25, -0.2) is 15.0 Å². The zero-order valence-electron chi connectivity index (χ0n) is 12.8. The summed E-state index contributed by atoms with van der Waals surface area (Å²) in [6, 6.07) is 13.6. The van der Waals surface area contributed by atoms with E-state index >= 15 is 0 Å². The van der Waals surface area contributed by atoms with E-state index in [2.05, 4.69) is 4.85 Å². The highest BCUT2D eigenvalue weighted by atomic mass is 32.2. The second-order valence-electron chi connectivity index (χ2n) is 5.33. The summed E-state index contributed by atoms with van der Waals surface area (Å²) in [6.07, 6.45) is 0. The van der Waals surface area contributed by atoms with Gasteiger partial charge in [-0.15, -0.1) is 0 Å². The van der Waals surface area contributed by atoms with Crippen LogP contribution in [0.1, 0.15) is 16.5 Å². The molecule has 0 heterocycles. The molecule has 0 bridgehead atoms. The molecule has 0 spiro atoms. The highest BCUT2D eigenvalue weighted by Gasteiger charge is 2.34. The standard InChI is InChI=1S/C17H18N2O2S/c1-13-5-11-16(12-6-13)22(20,21)17(18-2)14-7-9-15(10-8-14)19(3)4/h5-12,17H,1,3-4H3. The number of rotatable bonds is 4. The normalized spacial score (nSPS) is 12.5. The highest BCUT2D eigenvalue weighted by Crippen LogP contribution is 2.31. The fraction of sp³-hybridized carbons (Fsp3) is 0.235. The van der Waals surface area contributed by atoms with Crippen LogP contribution in [0.2, 0.25) is 0 Å². The van der Waals surface area contributed by atoms with Crippen molar-refractivity contribution in [1.82, 2.24) is 0 Å². The molecule has 0 aliphatic heterocycles. The van der Waals surface area contributed by atoms with Crippen LogP contribution < -0.4 is 4.90 Å². The van der Waals surface area contributed by atoms with Crippen LogP contribution in [0.25, 0.3) is 4.85 Å². The topological polar surface area (TPSA) is 41.7 Å². The average Bonchev–Trinajstić information content (AvgIpc) is 2.48. The van der Waals surface area contributed by atoms with Gasteiger partial charge in [0, 0.05) is 19.8 Å². The van der Waals surface area contributed by atoms with Crippen LogP contribution in [-0.4, -0.2) is 22.5 Å². The van der Waals surface area contributed by atoms with Crippen LogP contribution in [0.4, 0.5) is 5.69 Å². The van der Waals surface area contributed by atoms with Gasteiger partial charge < -0.3 is 4.90 Å². The molecule has 0 N–H and O–H groups in total. The zero-order valence-corrected chi connectivity index (χ0v) is 13.6. The summed E-state index contributed by atoms with van der Waals surface area (Å²) in [5, 5.41) is -1.22. The third-order valence-corrected chi connectivity index (χ3v) is 5.35. The summed E-state index contributed by atoms with van der Waals surface area (Å²) < 4.78 is 25.3. The fourth-order valence-electron chi connectivity index (χ4n) is 2.12. The molecule has 114 valence electrons. The van der Waals surface area contributed by atoms with Crippen molar-refractivity contribution in [1.29, 1.82) is 0 Å². The first kappa shape index (κ1) is 16.1. The molecule has 0 fully saturated rings. The average molecular weight is 314 g/mol. The molecule has 2 rings (SSSR count). The number of anilines is 1. The van der Waals surface area contributed by atoms with Gasteiger partial charge in [0.1, 0.15) is 0 Å². The second kappa shape index (κ2) is 6.20. The van der Waals surface area contributed by atoms with E-state index in [4.69, 9.17) is 6.57 Å². The number of sulfone groups is 1. The lowest BCUT2D eigenvalue weighted by Gasteiger charge is -2.13. The van der Waals surface area contributed by atoms with E-state index < -0.39 is 15.2 Å². The Bertz CT molecular complexity index is 786. The first-order valence-electron chi connectivity index (χ1n) is 6.80. The van der Waals surface area contributed by atoms with Gasteiger partial charge in [-0.2, -0.15) is 0 Å². The summed E-state index contributed by atoms with van der Waals surface area (Å²) >= 11 is 0. The van der Waals surface area contributed by atoms with Crippen LogP contribution in [0.15, 0.2) is 53.4 Å². The van der Waals surface area contributed by atoms with Crippen LogP contribution in [-0.2, 0) is 9.84 Å². The minimum atomic E-state index is -3.72. The molecule has 4 nitrogen and oxygen atoms in total. The number of hydrogen-bond donors (Lipinski definition) is 0. The third kappa shape index (κ3) is 3.12. The summed E-state index contributed by atoms with van der Waals surface area (Å²) in [5.74, 6) is 0. The van der Waals surface area contributed by atoms with E-state index in [9.17, 15) is 8.42 Å². The number of nitrogens with zero attached hydrogens (tertiary/aromatic N) is 2. The molecule has 0 aliphatic rings. The molecular weight excluding hydrogens is 296 g/mol. The molecule has 0 radical (unpaired) electrons. The molecule has 0 saturated carbocycles. The van der Waals surface area contributed by atoms with Crippen molar-refractivity contribution in [3.8, 4) is 0 Å². The van der Waals surface area contributed by atoms with E-state index in [1.807, 2.05) is 38.1 Å². The number of benzene rings is 2. The monoisotopic (exact) mass is 314 g/mol. The maximum absolute atomic E-state index is 12.7. The molecule has 0 saturated heterocycles. The van der Waals surface area contributed by atoms with Crippen molar-refractivity contribution in [3.05, 3.63) is 71.1 Å². The van der Waals surface area contributed by atoms with Crippen LogP contribution in [0, 0.1) is 13.5 Å². The Morgan fingerprint density at radius 3 is 2.00 bits per heavy atom. The van der Waals surface area contributed by atoms with E-state index in [0.29, 0.717) is 5.56 Å². The SMILES string of the molecule is [C-]#[N+]C(c1ccc(N(C)C)cc1)S(=O)(=O)c1ccc(C)cc1. The van der Waals surface area contributed by atoms with Crippen molar-refractivity contribution in [3.63, 3.8) is 0 Å². The highest BCUT2D eigenvalue weighted by molar-refractivity contribution is 7.91. The lowest BCUT2D eigenvalue weighted by Crippen LogP contribution is -2.12. The van der Waals surface area contributed by atoms with Gasteiger partial charge in [0.2, 0.25) is 0 Å². The fourth-order valence-corrected chi connectivity index (χ4v) is 3.54. The summed E-state index contributed by atoms with van der Waals surface area (Å²) in [4.78, 5) is 5.45. The predicted molar refractivity (Wildman–Crippen MR) is 88.5 cm³/mol. The molecule has 0 amide bonds. The largest absolute Gasteiger partial charge is 0.378 e. The Kier molecular flexibility index (Phi) is 4.53. The Hall–Kier alpha value is -2.32. The van der Waals surface area contributed by atoms with Crippen molar-refractivity contribution in [2.75, 3.05) is 19.0 Å². The van der Waals surface area contributed by atoms with E-state index in [1.165, 1.54) is 0 Å². The lowest BCUT2D eigenvalue weighted by atomic mass is 10.2. The predicted octanol–water partition coefficient (Wildman–Crippen LogP) is 3.45. The first-order valence-corrected chi connectivity index (χ1v) is 8.35. The van der Waals surface area contributed by atoms with Gasteiger partial charge in [-0.3, -0.25) is 4.85 Å². The van der Waals surface area contributed by atoms with Crippen molar-refractivity contribution >= 4 is 15.5 Å². The number of hydrogen-bond acceptors (Lipinski definition) is 3. The van der Waals surface area contributed by atoms with E-state index in [-0.39, 0.29) is 4.90 Å². The van der Waals surface area contributed by atoms with E-state index in [0.717, 1.165) is 11.3 Å². The van der Waals surface area contributed by atoms with Gasteiger partial charge in [-0.1, -0.05) is 17.7 Å². The first-order chi connectivity index (χ1) is 10.4. The number of aryl methyl sites for hydroxylation is 1. The smallest absolute Gasteiger partial charge is 0.350 e. The summed E-state index contributed by atoms with van der Waals surface area (Å²) in [7, 11) is 0.0925. The molecule has 0 aliphatic carbocycles. The Morgan fingerprint density at radius 2 is 1.55 bits per heavy atom. The second-order valence-corrected chi connectivity index (χ2v) is 7.33. The maximum Gasteiger partial charge on any atom is 0.350 e. The Morgan fingerprint density at radius 1 is 1.00 bits per heavy atom. The Labute approximate surface area is 131 Å². The van der Waals surface area contributed by atoms with Gasteiger partial charge >= 0.3 is 5.37 Å². The van der Waals surface area contributed by atoms with Gasteiger partial charge in [0.15, 0.2) is 0 Å². The van der Waals surface area contributed by atoms with Crippen LogP contribution >= 0.6 is 0 Å². The molecule has 2 aromatic carbocycles. The molecule has 2 aromatic rings. The Balaban J connectivity index is 2.43. The van der Waals surface area contributed by atoms with Crippen molar-refractivity contribution in [2.24, 2.45) is 0 Å². The van der Waals surface area contributed by atoms with Crippen molar-refractivity contribution < 1.29 is 8.42 Å². The minimum absolute atomic E-state index is 0.177. The minimum Gasteiger partial charge on any atom is -0.378 e. The summed E-state index contributed by atoms with van der Waals surface area (Å²) in [5.41, 5.74) is 2.43. The molecule has 0 aromatic heterocycles. The lowest BCUT2D eigenvalue weighted by molar-refractivity contribution is 0.590. The summed E-state index contributed by atoms with van der Waals surface area (Å²) in [6.45, 7) is 9.21. The van der Waals surface area contributed by atoms with Crippen LogP contribution in [0.3, 0.4) is 0 Å². The molecule has 22 heavy (non-hydrogen) atoms. The maximum atomic E-state index is 12.7. The van der Waals surface area contributed by atoms with E-state index in [1.54, 1.807) is 36.4 Å². The zero-order chi connectivity index (χ0) is 16.3. The third-order valence-electron chi connectivity index (χ3n) is 3.46. The molecular formula is C17H18N2O2S. The van der Waals surface area contributed by atoms with Gasteiger partial charge in [-0.05, 0) is 43.3 Å².